The topological polar surface area (TPSA) is 95.5 Å². The van der Waals surface area contributed by atoms with E-state index in [-0.39, 0.29) is 11.2 Å². The largest absolute Gasteiger partial charge is 0.478 e. The maximum atomic E-state index is 12.3. The first kappa shape index (κ1) is 21.8. The molecule has 2 rings (SSSR count). The molecule has 0 aromatic heterocycles. The lowest BCUT2D eigenvalue weighted by Gasteiger charge is -2.13. The second kappa shape index (κ2) is 10.2. The number of thioether (sulfide) groups is 1. The lowest BCUT2D eigenvalue weighted by molar-refractivity contribution is -0.131. The summed E-state index contributed by atoms with van der Waals surface area (Å²) in [6.07, 6.45) is 1.69. The van der Waals surface area contributed by atoms with E-state index in [1.54, 1.807) is 49.4 Å². The molecule has 0 radical (unpaired) electrons. The van der Waals surface area contributed by atoms with Crippen molar-refractivity contribution in [2.45, 2.75) is 17.1 Å². The number of amides is 2. The number of hydrogen-bond donors (Lipinski definition) is 3. The van der Waals surface area contributed by atoms with Crippen LogP contribution < -0.4 is 10.6 Å². The highest BCUT2D eigenvalue weighted by Gasteiger charge is 2.15. The first-order valence-corrected chi connectivity index (χ1v) is 9.63. The Hall–Kier alpha value is -2.48. The number of anilines is 2. The van der Waals surface area contributed by atoms with Gasteiger partial charge < -0.3 is 15.7 Å². The van der Waals surface area contributed by atoms with Crippen LogP contribution in [0.5, 0.6) is 0 Å². The number of carbonyl (C=O) groups excluding carboxylic acids is 2. The van der Waals surface area contributed by atoms with Gasteiger partial charge in [-0.15, -0.1) is 11.8 Å². The normalized spacial score (nSPS) is 11.8. The molecule has 1 atom stereocenters. The van der Waals surface area contributed by atoms with Crippen LogP contribution in [0.3, 0.4) is 0 Å². The van der Waals surface area contributed by atoms with E-state index in [0.717, 1.165) is 17.0 Å². The molecule has 146 valence electrons. The smallest absolute Gasteiger partial charge is 0.328 e. The zero-order chi connectivity index (χ0) is 20.7. The van der Waals surface area contributed by atoms with Gasteiger partial charge in [0.05, 0.1) is 15.3 Å². The zero-order valence-electron chi connectivity index (χ0n) is 14.6. The van der Waals surface area contributed by atoms with E-state index in [1.165, 1.54) is 11.8 Å². The van der Waals surface area contributed by atoms with E-state index >= 15 is 0 Å². The van der Waals surface area contributed by atoms with Crippen LogP contribution in [0.2, 0.25) is 10.0 Å². The number of halogens is 2. The van der Waals surface area contributed by atoms with Gasteiger partial charge in [-0.1, -0.05) is 23.2 Å². The van der Waals surface area contributed by atoms with Crippen LogP contribution >= 0.6 is 35.0 Å². The number of hydrogen-bond acceptors (Lipinski definition) is 4. The molecule has 2 aromatic rings. The van der Waals surface area contributed by atoms with Gasteiger partial charge in [0.15, 0.2) is 0 Å². The summed E-state index contributed by atoms with van der Waals surface area (Å²) < 4.78 is 0. The summed E-state index contributed by atoms with van der Waals surface area (Å²) in [5.41, 5.74) is 1.07. The number of carboxylic acid groups (broad SMARTS) is 1. The van der Waals surface area contributed by atoms with E-state index in [2.05, 4.69) is 10.6 Å². The zero-order valence-corrected chi connectivity index (χ0v) is 16.9. The van der Waals surface area contributed by atoms with Gasteiger partial charge in [-0.25, -0.2) is 4.79 Å². The Morgan fingerprint density at radius 2 is 1.61 bits per heavy atom. The molecule has 0 saturated heterocycles. The summed E-state index contributed by atoms with van der Waals surface area (Å²) in [5.74, 6) is -1.94. The van der Waals surface area contributed by atoms with Crippen molar-refractivity contribution in [2.24, 2.45) is 0 Å². The maximum Gasteiger partial charge on any atom is 0.328 e. The molecule has 0 saturated carbocycles. The fraction of sp³-hybridized carbons (Fsp3) is 0.105. The van der Waals surface area contributed by atoms with Gasteiger partial charge in [0.25, 0.3) is 0 Å². The lowest BCUT2D eigenvalue weighted by Crippen LogP contribution is -2.22. The second-order valence-electron chi connectivity index (χ2n) is 5.56. The summed E-state index contributed by atoms with van der Waals surface area (Å²) in [6, 6.07) is 11.7. The molecule has 0 fully saturated rings. The quantitative estimate of drug-likeness (QED) is 0.430. The summed E-state index contributed by atoms with van der Waals surface area (Å²) >= 11 is 13.1. The van der Waals surface area contributed by atoms with Crippen molar-refractivity contribution in [3.05, 3.63) is 64.7 Å². The van der Waals surface area contributed by atoms with E-state index < -0.39 is 11.9 Å². The number of rotatable bonds is 7. The highest BCUT2D eigenvalue weighted by Crippen LogP contribution is 2.28. The minimum atomic E-state index is -1.20. The summed E-state index contributed by atoms with van der Waals surface area (Å²) in [5, 5.41) is 14.2. The van der Waals surface area contributed by atoms with Gasteiger partial charge in [-0.2, -0.15) is 0 Å². The van der Waals surface area contributed by atoms with Crippen LogP contribution in [0.15, 0.2) is 59.5 Å². The minimum absolute atomic E-state index is 0.195. The van der Waals surface area contributed by atoms with Crippen molar-refractivity contribution in [3.63, 3.8) is 0 Å². The molecule has 0 spiro atoms. The number of carbonyl (C=O) groups is 3. The average Bonchev–Trinajstić information content (AvgIpc) is 2.64. The Bertz CT molecular complexity index is 917. The fourth-order valence-electron chi connectivity index (χ4n) is 2.02. The SMILES string of the molecule is CC(Sc1ccc(NC(=O)/C=C/C(=O)O)cc1)C(=O)Nc1ccc(Cl)c(Cl)c1. The van der Waals surface area contributed by atoms with Crippen molar-refractivity contribution < 1.29 is 19.5 Å². The van der Waals surface area contributed by atoms with Crippen molar-refractivity contribution in [3.8, 4) is 0 Å². The molecule has 0 aliphatic carbocycles. The van der Waals surface area contributed by atoms with E-state index in [0.29, 0.717) is 21.4 Å². The molecule has 28 heavy (non-hydrogen) atoms. The molecular weight excluding hydrogens is 423 g/mol. The third kappa shape index (κ3) is 6.92. The third-order valence-corrected chi connectivity index (χ3v) is 5.22. The van der Waals surface area contributed by atoms with Crippen molar-refractivity contribution in [2.75, 3.05) is 10.6 Å². The van der Waals surface area contributed by atoms with Gasteiger partial charge in [0.2, 0.25) is 11.8 Å². The maximum absolute atomic E-state index is 12.3. The van der Waals surface area contributed by atoms with Gasteiger partial charge in [-0.3, -0.25) is 9.59 Å². The Balaban J connectivity index is 1.91. The predicted molar refractivity (Wildman–Crippen MR) is 112 cm³/mol. The molecule has 2 amide bonds. The third-order valence-electron chi connectivity index (χ3n) is 3.37. The standard InChI is InChI=1S/C19H16Cl2N2O4S/c1-11(19(27)23-13-4-7-15(20)16(21)10-13)28-14-5-2-12(3-6-14)22-17(24)8-9-18(25)26/h2-11H,1H3,(H,22,24)(H,23,27)(H,25,26)/b9-8+. The van der Waals surface area contributed by atoms with Crippen LogP contribution in [0.4, 0.5) is 11.4 Å². The summed E-state index contributed by atoms with van der Waals surface area (Å²) in [7, 11) is 0. The molecule has 1 unspecified atom stereocenters. The Labute approximate surface area is 175 Å². The second-order valence-corrected chi connectivity index (χ2v) is 7.79. The van der Waals surface area contributed by atoms with Crippen LogP contribution in [-0.2, 0) is 14.4 Å². The van der Waals surface area contributed by atoms with E-state index in [9.17, 15) is 14.4 Å². The average molecular weight is 439 g/mol. The molecule has 2 aromatic carbocycles. The van der Waals surface area contributed by atoms with Crippen molar-refractivity contribution in [1.82, 2.24) is 0 Å². The van der Waals surface area contributed by atoms with Crippen LogP contribution in [0.25, 0.3) is 0 Å². The van der Waals surface area contributed by atoms with Gasteiger partial charge in [0.1, 0.15) is 0 Å². The predicted octanol–water partition coefficient (Wildman–Crippen LogP) is 4.69. The van der Waals surface area contributed by atoms with E-state index in [1.807, 2.05) is 0 Å². The molecule has 0 heterocycles. The first-order chi connectivity index (χ1) is 13.2. The van der Waals surface area contributed by atoms with Crippen molar-refractivity contribution in [1.29, 1.82) is 0 Å². The monoisotopic (exact) mass is 438 g/mol. The number of nitrogens with one attached hydrogen (secondary N) is 2. The number of benzene rings is 2. The number of carboxylic acids is 1. The van der Waals surface area contributed by atoms with Gasteiger partial charge >= 0.3 is 5.97 Å². The summed E-state index contributed by atoms with van der Waals surface area (Å²) in [4.78, 5) is 35.1. The molecular formula is C19H16Cl2N2O4S. The highest BCUT2D eigenvalue weighted by molar-refractivity contribution is 8.00. The first-order valence-electron chi connectivity index (χ1n) is 7.99. The van der Waals surface area contributed by atoms with Crippen molar-refractivity contribution >= 4 is 64.1 Å². The molecule has 9 heteroatoms. The Morgan fingerprint density at radius 1 is 0.964 bits per heavy atom. The van der Waals surface area contributed by atoms with Crippen LogP contribution in [-0.4, -0.2) is 28.1 Å². The van der Waals surface area contributed by atoms with Gasteiger partial charge in [0, 0.05) is 28.4 Å². The lowest BCUT2D eigenvalue weighted by atomic mass is 10.3. The number of aliphatic carboxylic acids is 1. The molecule has 0 bridgehead atoms. The minimum Gasteiger partial charge on any atom is -0.478 e. The Kier molecular flexibility index (Phi) is 7.92. The van der Waals surface area contributed by atoms with Crippen LogP contribution in [0.1, 0.15) is 6.92 Å². The van der Waals surface area contributed by atoms with Gasteiger partial charge in [-0.05, 0) is 49.4 Å². The molecule has 6 nitrogen and oxygen atoms in total. The fourth-order valence-corrected chi connectivity index (χ4v) is 3.19. The van der Waals surface area contributed by atoms with Crippen LogP contribution in [0, 0.1) is 0 Å². The Morgan fingerprint density at radius 3 is 2.21 bits per heavy atom. The molecule has 0 aliphatic rings. The molecule has 3 N–H and O–H groups in total. The molecule has 0 aliphatic heterocycles. The summed E-state index contributed by atoms with van der Waals surface area (Å²) in [6.45, 7) is 1.77. The highest BCUT2D eigenvalue weighted by atomic mass is 35.5. The van der Waals surface area contributed by atoms with E-state index in [4.69, 9.17) is 28.3 Å².